The number of sulfonamides is 1. The lowest BCUT2D eigenvalue weighted by Gasteiger charge is -2.31. The number of ether oxygens (including phenoxy) is 1. The van der Waals surface area contributed by atoms with E-state index >= 15 is 0 Å². The molecular formula is C25H29F2N5O3S. The van der Waals surface area contributed by atoms with Crippen LogP contribution in [0.15, 0.2) is 36.8 Å². The van der Waals surface area contributed by atoms with Crippen molar-refractivity contribution >= 4 is 32.8 Å². The zero-order valence-corrected chi connectivity index (χ0v) is 21.0. The Morgan fingerprint density at radius 2 is 2.03 bits per heavy atom. The van der Waals surface area contributed by atoms with Gasteiger partial charge < -0.3 is 20.4 Å². The van der Waals surface area contributed by atoms with Crippen LogP contribution in [-0.2, 0) is 10.0 Å². The number of halogens is 2. The number of nitrogens with one attached hydrogen (secondary N) is 3. The number of hydrogen-bond donors (Lipinski definition) is 3. The van der Waals surface area contributed by atoms with Crippen LogP contribution in [0.4, 0.5) is 8.78 Å². The molecule has 1 fully saturated rings. The first-order valence-corrected chi connectivity index (χ1v) is 13.3. The van der Waals surface area contributed by atoms with Crippen molar-refractivity contribution in [3.05, 3.63) is 54.0 Å². The lowest BCUT2D eigenvalue weighted by Crippen LogP contribution is -2.44. The Morgan fingerprint density at radius 1 is 1.28 bits per heavy atom. The van der Waals surface area contributed by atoms with Gasteiger partial charge in [-0.25, -0.2) is 26.5 Å². The van der Waals surface area contributed by atoms with Crippen molar-refractivity contribution in [2.75, 3.05) is 26.0 Å². The third-order valence-electron chi connectivity index (χ3n) is 6.31. The number of aromatic nitrogens is 2. The van der Waals surface area contributed by atoms with Gasteiger partial charge in [-0.15, -0.1) is 0 Å². The van der Waals surface area contributed by atoms with Crippen molar-refractivity contribution in [2.24, 2.45) is 0 Å². The molecule has 8 nitrogen and oxygen atoms in total. The number of methoxy groups -OCH3 is 1. The molecule has 2 aromatic heterocycles. The Bertz CT molecular complexity index is 1400. The second-order valence-electron chi connectivity index (χ2n) is 8.69. The molecule has 36 heavy (non-hydrogen) atoms. The van der Waals surface area contributed by atoms with Gasteiger partial charge in [0.2, 0.25) is 10.0 Å². The van der Waals surface area contributed by atoms with E-state index in [0.717, 1.165) is 6.07 Å². The smallest absolute Gasteiger partial charge is 0.214 e. The maximum absolute atomic E-state index is 14.3. The maximum Gasteiger partial charge on any atom is 0.214 e. The summed E-state index contributed by atoms with van der Waals surface area (Å²) in [6.07, 6.45) is 8.07. The third kappa shape index (κ3) is 5.26. The molecule has 0 radical (unpaired) electrons. The van der Waals surface area contributed by atoms with Gasteiger partial charge in [-0.2, -0.15) is 0 Å². The lowest BCUT2D eigenvalue weighted by molar-refractivity contribution is 0.303. The van der Waals surface area contributed by atoms with E-state index in [1.165, 1.54) is 19.4 Å². The van der Waals surface area contributed by atoms with Gasteiger partial charge >= 0.3 is 0 Å². The second kappa shape index (κ2) is 10.8. The van der Waals surface area contributed by atoms with Gasteiger partial charge in [-0.05, 0) is 31.4 Å². The summed E-state index contributed by atoms with van der Waals surface area (Å²) in [7, 11) is -1.88. The molecule has 1 saturated heterocycles. The fraction of sp³-hybridized carbons (Fsp3) is 0.360. The Hall–Kier alpha value is -3.31. The van der Waals surface area contributed by atoms with Crippen molar-refractivity contribution in [2.45, 2.75) is 32.2 Å². The van der Waals surface area contributed by atoms with Crippen molar-refractivity contribution < 1.29 is 21.9 Å². The summed E-state index contributed by atoms with van der Waals surface area (Å²) < 4.78 is 59.6. The number of piperidine rings is 1. The van der Waals surface area contributed by atoms with E-state index in [9.17, 15) is 17.2 Å². The van der Waals surface area contributed by atoms with Crippen molar-refractivity contribution in [1.29, 1.82) is 5.41 Å². The summed E-state index contributed by atoms with van der Waals surface area (Å²) in [6, 6.07) is 3.85. The van der Waals surface area contributed by atoms with Gasteiger partial charge in [0, 0.05) is 77.7 Å². The van der Waals surface area contributed by atoms with Crippen LogP contribution in [0.1, 0.15) is 31.7 Å². The molecule has 3 N–H and O–H groups in total. The molecule has 1 aliphatic rings. The highest BCUT2D eigenvalue weighted by Gasteiger charge is 2.27. The quantitative estimate of drug-likeness (QED) is 0.367. The highest BCUT2D eigenvalue weighted by Crippen LogP contribution is 2.37. The normalized spacial score (nSPS) is 15.8. The zero-order chi connectivity index (χ0) is 25.9. The molecule has 0 aliphatic carbocycles. The molecule has 0 saturated carbocycles. The van der Waals surface area contributed by atoms with E-state index in [0.29, 0.717) is 60.1 Å². The van der Waals surface area contributed by atoms with Gasteiger partial charge in [0.1, 0.15) is 11.5 Å². The van der Waals surface area contributed by atoms with E-state index in [4.69, 9.17) is 10.1 Å². The van der Waals surface area contributed by atoms with E-state index < -0.39 is 21.7 Å². The van der Waals surface area contributed by atoms with E-state index in [2.05, 4.69) is 15.3 Å². The first-order valence-electron chi connectivity index (χ1n) is 11.7. The first kappa shape index (κ1) is 25.8. The van der Waals surface area contributed by atoms with Gasteiger partial charge in [-0.1, -0.05) is 6.92 Å². The lowest BCUT2D eigenvalue weighted by atomic mass is 10.0. The maximum atomic E-state index is 14.3. The van der Waals surface area contributed by atoms with Crippen molar-refractivity contribution in [3.8, 4) is 16.9 Å². The van der Waals surface area contributed by atoms with E-state index in [1.807, 2.05) is 6.92 Å². The summed E-state index contributed by atoms with van der Waals surface area (Å²) in [5.41, 5.74) is 2.51. The Kier molecular flexibility index (Phi) is 7.70. The fourth-order valence-electron chi connectivity index (χ4n) is 4.46. The average Bonchev–Trinajstić information content (AvgIpc) is 3.27. The van der Waals surface area contributed by atoms with E-state index in [1.54, 1.807) is 29.0 Å². The van der Waals surface area contributed by atoms with Crippen LogP contribution >= 0.6 is 0 Å². The molecule has 4 rings (SSSR count). The molecule has 1 aliphatic heterocycles. The number of fused-ring (bicyclic) bond motifs is 1. The summed E-state index contributed by atoms with van der Waals surface area (Å²) in [6.45, 7) is 2.77. The Balaban J connectivity index is 1.57. The van der Waals surface area contributed by atoms with Gasteiger partial charge in [0.15, 0.2) is 11.6 Å². The number of H-pyrrole nitrogens is 1. The molecule has 3 aromatic rings. The topological polar surface area (TPSA) is 111 Å². The molecule has 11 heteroatoms. The predicted octanol–water partition coefficient (Wildman–Crippen LogP) is 4.30. The third-order valence-corrected chi connectivity index (χ3v) is 8.38. The SMILES string of the molecule is CCCS(=O)(=O)N1CCC(N/C=C(\C=N)c2cnc3[nH]cc(-c4cc(F)cc(F)c4OC)c3c2)CC1. The fourth-order valence-corrected chi connectivity index (χ4v) is 6.00. The largest absolute Gasteiger partial charge is 0.493 e. The minimum absolute atomic E-state index is 0.0699. The molecule has 0 spiro atoms. The number of allylic oxidation sites excluding steroid dienone is 1. The standard InChI is InChI=1S/C25H29F2N5O3S/c1-3-8-36(33,34)32-6-4-19(5-7-32)29-14-17(12-28)16-9-21-22(15-31-25(21)30-13-16)20-10-18(26)11-23(27)24(20)35-2/h9-15,19,28-29H,3-8H2,1-2H3,(H,30,31)/b17-14+,28-12?. The number of pyridine rings is 1. The van der Waals surface area contributed by atoms with Crippen LogP contribution in [-0.4, -0.2) is 60.9 Å². The Morgan fingerprint density at radius 3 is 2.69 bits per heavy atom. The highest BCUT2D eigenvalue weighted by atomic mass is 32.2. The summed E-state index contributed by atoms with van der Waals surface area (Å²) in [4.78, 5) is 7.43. The Labute approximate surface area is 208 Å². The molecule has 0 bridgehead atoms. The van der Waals surface area contributed by atoms with Crippen LogP contribution in [0.25, 0.3) is 27.7 Å². The molecule has 192 valence electrons. The predicted molar refractivity (Wildman–Crippen MR) is 137 cm³/mol. The van der Waals surface area contributed by atoms with Crippen LogP contribution in [0.3, 0.4) is 0 Å². The molecule has 1 aromatic carbocycles. The van der Waals surface area contributed by atoms with Crippen LogP contribution in [0.5, 0.6) is 5.75 Å². The minimum Gasteiger partial charge on any atom is -0.493 e. The van der Waals surface area contributed by atoms with Crippen LogP contribution in [0, 0.1) is 17.0 Å². The van der Waals surface area contributed by atoms with E-state index in [-0.39, 0.29) is 23.1 Å². The monoisotopic (exact) mass is 517 g/mol. The molecule has 0 unspecified atom stereocenters. The minimum atomic E-state index is -3.20. The first-order chi connectivity index (χ1) is 17.3. The van der Waals surface area contributed by atoms with Crippen LogP contribution < -0.4 is 10.1 Å². The number of aromatic amines is 1. The van der Waals surface area contributed by atoms with Gasteiger partial charge in [0.05, 0.1) is 12.9 Å². The van der Waals surface area contributed by atoms with Crippen molar-refractivity contribution in [1.82, 2.24) is 19.6 Å². The summed E-state index contributed by atoms with van der Waals surface area (Å²) in [5, 5.41) is 11.8. The number of benzene rings is 1. The molecule has 0 amide bonds. The molecule has 0 atom stereocenters. The average molecular weight is 518 g/mol. The van der Waals surface area contributed by atoms with Gasteiger partial charge in [-0.3, -0.25) is 0 Å². The van der Waals surface area contributed by atoms with Gasteiger partial charge in [0.25, 0.3) is 0 Å². The zero-order valence-electron chi connectivity index (χ0n) is 20.1. The molecule has 3 heterocycles. The number of hydrogen-bond acceptors (Lipinski definition) is 6. The summed E-state index contributed by atoms with van der Waals surface area (Å²) >= 11 is 0. The van der Waals surface area contributed by atoms with Crippen molar-refractivity contribution in [3.63, 3.8) is 0 Å². The highest BCUT2D eigenvalue weighted by molar-refractivity contribution is 7.89. The number of nitrogens with zero attached hydrogens (tertiary/aromatic N) is 2. The second-order valence-corrected chi connectivity index (χ2v) is 10.8. The number of rotatable bonds is 9. The summed E-state index contributed by atoms with van der Waals surface area (Å²) in [5.74, 6) is -1.43. The molecular weight excluding hydrogens is 488 g/mol. The van der Waals surface area contributed by atoms with Crippen LogP contribution in [0.2, 0.25) is 0 Å².